The van der Waals surface area contributed by atoms with Crippen molar-refractivity contribution >= 4 is 5.97 Å². The van der Waals surface area contributed by atoms with E-state index < -0.39 is 5.97 Å². The first kappa shape index (κ1) is 9.25. The smallest absolute Gasteiger partial charge is 0.306 e. The third kappa shape index (κ3) is 1.52. The molecule has 74 valence electrons. The maximum absolute atomic E-state index is 10.9. The molecule has 2 rings (SSSR count). The standard InChI is InChI=1S/C12H14O2/c1-8-3-2-4-9-5-6-10(12(13)14)7-11(8)9/h2-4,10H,5-7H2,1H3,(H,13,14). The van der Waals surface area contributed by atoms with Crippen LogP contribution in [0.2, 0.25) is 0 Å². The molecule has 1 N–H and O–H groups in total. The number of carboxylic acid groups (broad SMARTS) is 1. The zero-order valence-corrected chi connectivity index (χ0v) is 8.29. The summed E-state index contributed by atoms with van der Waals surface area (Å²) in [5, 5.41) is 8.95. The lowest BCUT2D eigenvalue weighted by atomic mass is 9.82. The molecule has 2 nitrogen and oxygen atoms in total. The fourth-order valence-corrected chi connectivity index (χ4v) is 2.18. The fraction of sp³-hybridized carbons (Fsp3) is 0.417. The minimum atomic E-state index is -0.654. The van der Waals surface area contributed by atoms with Gasteiger partial charge in [0.1, 0.15) is 0 Å². The number of hydrogen-bond acceptors (Lipinski definition) is 1. The van der Waals surface area contributed by atoms with Crippen LogP contribution in [0.5, 0.6) is 0 Å². The number of carbonyl (C=O) groups is 1. The molecule has 0 spiro atoms. The molecule has 0 fully saturated rings. The monoisotopic (exact) mass is 190 g/mol. The molecule has 0 bridgehead atoms. The highest BCUT2D eigenvalue weighted by Gasteiger charge is 2.24. The van der Waals surface area contributed by atoms with Gasteiger partial charge in [-0.1, -0.05) is 18.2 Å². The van der Waals surface area contributed by atoms with Crippen LogP contribution in [-0.2, 0) is 17.6 Å². The molecular formula is C12H14O2. The Kier molecular flexibility index (Phi) is 2.28. The van der Waals surface area contributed by atoms with Gasteiger partial charge in [0, 0.05) is 0 Å². The third-order valence-corrected chi connectivity index (χ3v) is 3.07. The Hall–Kier alpha value is -1.31. The number of fused-ring (bicyclic) bond motifs is 1. The van der Waals surface area contributed by atoms with Crippen molar-refractivity contribution in [2.24, 2.45) is 5.92 Å². The number of benzene rings is 1. The number of rotatable bonds is 1. The molecular weight excluding hydrogens is 176 g/mol. The van der Waals surface area contributed by atoms with Crippen LogP contribution in [-0.4, -0.2) is 11.1 Å². The first-order valence-corrected chi connectivity index (χ1v) is 4.98. The summed E-state index contributed by atoms with van der Waals surface area (Å²) in [7, 11) is 0. The van der Waals surface area contributed by atoms with Crippen LogP contribution in [0.4, 0.5) is 0 Å². The van der Waals surface area contributed by atoms with Crippen molar-refractivity contribution < 1.29 is 9.90 Å². The lowest BCUT2D eigenvalue weighted by Crippen LogP contribution is -2.22. The van der Waals surface area contributed by atoms with Gasteiger partial charge in [-0.3, -0.25) is 4.79 Å². The SMILES string of the molecule is Cc1cccc2c1CC(C(=O)O)CC2. The lowest BCUT2D eigenvalue weighted by molar-refractivity contribution is -0.142. The second-order valence-corrected chi connectivity index (χ2v) is 3.99. The highest BCUT2D eigenvalue weighted by atomic mass is 16.4. The van der Waals surface area contributed by atoms with Crippen LogP contribution in [0.25, 0.3) is 0 Å². The van der Waals surface area contributed by atoms with Gasteiger partial charge in [-0.25, -0.2) is 0 Å². The lowest BCUT2D eigenvalue weighted by Gasteiger charge is -2.22. The molecule has 2 heteroatoms. The third-order valence-electron chi connectivity index (χ3n) is 3.07. The van der Waals surface area contributed by atoms with E-state index in [1.54, 1.807) is 0 Å². The topological polar surface area (TPSA) is 37.3 Å². The van der Waals surface area contributed by atoms with Gasteiger partial charge in [-0.2, -0.15) is 0 Å². The summed E-state index contributed by atoms with van der Waals surface area (Å²) in [6, 6.07) is 6.22. The van der Waals surface area contributed by atoms with Crippen LogP contribution in [0.15, 0.2) is 18.2 Å². The molecule has 14 heavy (non-hydrogen) atoms. The Balaban J connectivity index is 2.33. The first-order chi connectivity index (χ1) is 6.68. The molecule has 1 aliphatic carbocycles. The van der Waals surface area contributed by atoms with Crippen LogP contribution in [0.1, 0.15) is 23.1 Å². The Morgan fingerprint density at radius 2 is 2.29 bits per heavy atom. The van der Waals surface area contributed by atoms with Crippen LogP contribution in [0.3, 0.4) is 0 Å². The summed E-state index contributed by atoms with van der Waals surface area (Å²) in [4.78, 5) is 10.9. The van der Waals surface area contributed by atoms with Crippen LogP contribution < -0.4 is 0 Å². The van der Waals surface area contributed by atoms with E-state index in [2.05, 4.69) is 25.1 Å². The number of aryl methyl sites for hydroxylation is 2. The van der Waals surface area contributed by atoms with E-state index in [4.69, 9.17) is 5.11 Å². The van der Waals surface area contributed by atoms with E-state index in [0.29, 0.717) is 6.42 Å². The van der Waals surface area contributed by atoms with Crippen molar-refractivity contribution in [3.05, 3.63) is 34.9 Å². The average molecular weight is 190 g/mol. The second-order valence-electron chi connectivity index (χ2n) is 3.99. The van der Waals surface area contributed by atoms with E-state index in [9.17, 15) is 4.79 Å². The van der Waals surface area contributed by atoms with Gasteiger partial charge in [-0.15, -0.1) is 0 Å². The molecule has 1 aliphatic rings. The van der Waals surface area contributed by atoms with E-state index in [-0.39, 0.29) is 5.92 Å². The molecule has 1 aromatic rings. The first-order valence-electron chi connectivity index (χ1n) is 4.98. The molecule has 0 saturated carbocycles. The summed E-state index contributed by atoms with van der Waals surface area (Å²) >= 11 is 0. The molecule has 0 radical (unpaired) electrons. The summed E-state index contributed by atoms with van der Waals surface area (Å²) in [6.07, 6.45) is 2.40. The highest BCUT2D eigenvalue weighted by Crippen LogP contribution is 2.27. The van der Waals surface area contributed by atoms with Gasteiger partial charge in [0.25, 0.3) is 0 Å². The van der Waals surface area contributed by atoms with Gasteiger partial charge >= 0.3 is 5.97 Å². The predicted molar refractivity (Wildman–Crippen MR) is 54.3 cm³/mol. The van der Waals surface area contributed by atoms with Crippen molar-refractivity contribution in [2.45, 2.75) is 26.2 Å². The van der Waals surface area contributed by atoms with Gasteiger partial charge < -0.3 is 5.11 Å². The van der Waals surface area contributed by atoms with Gasteiger partial charge in [0.2, 0.25) is 0 Å². The minimum absolute atomic E-state index is 0.177. The highest BCUT2D eigenvalue weighted by molar-refractivity contribution is 5.71. The van der Waals surface area contributed by atoms with Crippen molar-refractivity contribution in [3.8, 4) is 0 Å². The van der Waals surface area contributed by atoms with Gasteiger partial charge in [0.15, 0.2) is 0 Å². The molecule has 1 unspecified atom stereocenters. The van der Waals surface area contributed by atoms with E-state index >= 15 is 0 Å². The maximum Gasteiger partial charge on any atom is 0.306 e. The van der Waals surface area contributed by atoms with Crippen LogP contribution >= 0.6 is 0 Å². The molecule has 0 saturated heterocycles. The van der Waals surface area contributed by atoms with Crippen LogP contribution in [0, 0.1) is 12.8 Å². The minimum Gasteiger partial charge on any atom is -0.481 e. The summed E-state index contributed by atoms with van der Waals surface area (Å²) in [5.74, 6) is -0.831. The largest absolute Gasteiger partial charge is 0.481 e. The maximum atomic E-state index is 10.9. The Bertz CT molecular complexity index is 369. The second kappa shape index (κ2) is 3.45. The van der Waals surface area contributed by atoms with Crippen molar-refractivity contribution in [1.82, 2.24) is 0 Å². The number of aliphatic carboxylic acids is 1. The summed E-state index contributed by atoms with van der Waals surface area (Å²) < 4.78 is 0. The quantitative estimate of drug-likeness (QED) is 0.737. The fourth-order valence-electron chi connectivity index (χ4n) is 2.18. The Morgan fingerprint density at radius 1 is 1.50 bits per heavy atom. The molecule has 1 aromatic carbocycles. The van der Waals surface area contributed by atoms with E-state index in [0.717, 1.165) is 12.8 Å². The summed E-state index contributed by atoms with van der Waals surface area (Å²) in [6.45, 7) is 2.06. The number of hydrogen-bond donors (Lipinski definition) is 1. The van der Waals surface area contributed by atoms with Gasteiger partial charge in [0.05, 0.1) is 5.92 Å². The van der Waals surface area contributed by atoms with Crippen molar-refractivity contribution in [1.29, 1.82) is 0 Å². The zero-order valence-electron chi connectivity index (χ0n) is 8.29. The van der Waals surface area contributed by atoms with Crippen molar-refractivity contribution in [2.75, 3.05) is 0 Å². The number of carboxylic acids is 1. The molecule has 0 aromatic heterocycles. The molecule has 0 amide bonds. The summed E-state index contributed by atoms with van der Waals surface area (Å²) in [5.41, 5.74) is 3.82. The Labute approximate surface area is 83.6 Å². The van der Waals surface area contributed by atoms with E-state index in [1.165, 1.54) is 16.7 Å². The van der Waals surface area contributed by atoms with E-state index in [1.807, 2.05) is 0 Å². The zero-order chi connectivity index (χ0) is 10.1. The molecule has 0 aliphatic heterocycles. The molecule has 0 heterocycles. The van der Waals surface area contributed by atoms with Crippen molar-refractivity contribution in [3.63, 3.8) is 0 Å². The average Bonchev–Trinajstić information content (AvgIpc) is 2.18. The van der Waals surface area contributed by atoms with Gasteiger partial charge in [-0.05, 0) is 42.9 Å². The molecule has 1 atom stereocenters. The predicted octanol–water partition coefficient (Wildman–Crippen LogP) is 2.18. The Morgan fingerprint density at radius 3 is 3.00 bits per heavy atom. The normalized spacial score (nSPS) is 20.2.